The highest BCUT2D eigenvalue weighted by Gasteiger charge is 2.22. The van der Waals surface area contributed by atoms with E-state index in [0.29, 0.717) is 13.0 Å². The van der Waals surface area contributed by atoms with Gasteiger partial charge in [-0.2, -0.15) is 0 Å². The van der Waals surface area contributed by atoms with Crippen molar-refractivity contribution >= 4 is 47.0 Å². The number of nitrogens with one attached hydrogen (secondary N) is 2. The van der Waals surface area contributed by atoms with Gasteiger partial charge in [-0.05, 0) is 65.6 Å². The van der Waals surface area contributed by atoms with E-state index in [1.165, 1.54) is 24.8 Å². The molecule has 4 rings (SSSR count). The van der Waals surface area contributed by atoms with Crippen LogP contribution in [0.5, 0.6) is 5.75 Å². The van der Waals surface area contributed by atoms with E-state index in [-0.39, 0.29) is 52.9 Å². The van der Waals surface area contributed by atoms with Gasteiger partial charge in [0.15, 0.2) is 28.4 Å². The monoisotopic (exact) mass is 686 g/mol. The maximum absolute atomic E-state index is 12.7. The van der Waals surface area contributed by atoms with Crippen LogP contribution in [-0.4, -0.2) is 58.5 Å². The number of methoxy groups -OCH3 is 1. The smallest absolute Gasteiger partial charge is 0.328 e. The molecule has 1 aromatic heterocycles. The number of carbonyl (C=O) groups excluding carboxylic acids is 3. The molecule has 0 aliphatic heterocycles. The zero-order chi connectivity index (χ0) is 35.3. The Labute approximate surface area is 288 Å². The molecule has 1 heterocycles. The minimum absolute atomic E-state index is 0.0630. The molecule has 4 aromatic rings. The highest BCUT2D eigenvalue weighted by molar-refractivity contribution is 6.31. The van der Waals surface area contributed by atoms with Gasteiger partial charge in [0, 0.05) is 19.4 Å². The van der Waals surface area contributed by atoms with Crippen LogP contribution in [-0.2, 0) is 33.6 Å². The Morgan fingerprint density at radius 2 is 1.45 bits per heavy atom. The van der Waals surface area contributed by atoms with Gasteiger partial charge in [-0.25, -0.2) is 14.8 Å². The maximum Gasteiger partial charge on any atom is 0.328 e. The second-order valence-corrected chi connectivity index (χ2v) is 11.6. The number of aryl methyl sites for hydroxylation is 2. The van der Waals surface area contributed by atoms with Crippen LogP contribution in [0.1, 0.15) is 46.4 Å². The predicted molar refractivity (Wildman–Crippen MR) is 189 cm³/mol. The van der Waals surface area contributed by atoms with Gasteiger partial charge in [0.2, 0.25) is 5.91 Å². The number of nitrogen functional groups attached to an aromatic ring is 2. The molecular formula is C35H39ClN8O5. The molecule has 0 aliphatic rings. The Morgan fingerprint density at radius 3 is 2.06 bits per heavy atom. The molecule has 0 bridgehead atoms. The van der Waals surface area contributed by atoms with Crippen LogP contribution in [0.4, 0.5) is 11.6 Å². The van der Waals surface area contributed by atoms with Crippen molar-refractivity contribution in [3.05, 3.63) is 100 Å². The zero-order valence-electron chi connectivity index (χ0n) is 27.0. The quantitative estimate of drug-likeness (QED) is 0.0490. The number of aromatic hydroxyl groups is 1. The molecular weight excluding hydrogens is 648 g/mol. The van der Waals surface area contributed by atoms with Crippen LogP contribution in [0.25, 0.3) is 11.1 Å². The Morgan fingerprint density at radius 1 is 0.857 bits per heavy atom. The zero-order valence-corrected chi connectivity index (χ0v) is 27.7. The summed E-state index contributed by atoms with van der Waals surface area (Å²) in [6.45, 7) is 0.424. The number of esters is 1. The van der Waals surface area contributed by atoms with Gasteiger partial charge in [0.05, 0.1) is 7.11 Å². The standard InChI is InChI=1S/C35H39ClN8O5/c1-49-34(48)27(20-23-9-16-26(45)17-10-23)41-28(46)18-11-22-7-14-25(15-8-22)24-12-5-21(6-13-24)4-2-3-19-40-35(39)44-33(47)29-31(37)43-32(38)30(36)42-29/h5-10,12-17,27,45H,2-4,11,18-20H2,1H3,(H,41,46)(H4,37,38,43)(H3,39,40,44,47)/t27-/m0/s1. The maximum atomic E-state index is 12.7. The number of amides is 2. The van der Waals surface area contributed by atoms with Crippen molar-refractivity contribution in [1.82, 2.24) is 20.6 Å². The molecule has 0 fully saturated rings. The molecule has 13 nitrogen and oxygen atoms in total. The van der Waals surface area contributed by atoms with Crippen molar-refractivity contribution in [2.45, 2.75) is 44.6 Å². The van der Waals surface area contributed by atoms with E-state index in [0.717, 1.165) is 41.5 Å². The molecule has 49 heavy (non-hydrogen) atoms. The third kappa shape index (κ3) is 10.9. The molecule has 0 saturated carbocycles. The number of unbranched alkanes of at least 4 members (excludes halogenated alkanes) is 1. The minimum atomic E-state index is -0.821. The summed E-state index contributed by atoms with van der Waals surface area (Å²) < 4.78 is 4.87. The summed E-state index contributed by atoms with van der Waals surface area (Å²) in [5.74, 6) is -1.64. The molecule has 3 aromatic carbocycles. The van der Waals surface area contributed by atoms with Gasteiger partial charge in [-0.3, -0.25) is 19.9 Å². The van der Waals surface area contributed by atoms with Crippen molar-refractivity contribution < 1.29 is 24.2 Å². The number of aliphatic imine (C=N–C) groups is 1. The van der Waals surface area contributed by atoms with E-state index >= 15 is 0 Å². The molecule has 0 aliphatic carbocycles. The second kappa shape index (κ2) is 17.5. The van der Waals surface area contributed by atoms with E-state index in [2.05, 4.69) is 49.9 Å². The Hall–Kier alpha value is -5.69. The number of guanidine groups is 1. The Balaban J connectivity index is 1.19. The molecule has 0 unspecified atom stereocenters. The lowest BCUT2D eigenvalue weighted by atomic mass is 9.99. The summed E-state index contributed by atoms with van der Waals surface area (Å²) in [6.07, 6.45) is 3.47. The van der Waals surface area contributed by atoms with Crippen LogP contribution in [0.15, 0.2) is 77.8 Å². The van der Waals surface area contributed by atoms with Gasteiger partial charge in [0.1, 0.15) is 11.8 Å². The summed E-state index contributed by atoms with van der Waals surface area (Å²) >= 11 is 5.82. The van der Waals surface area contributed by atoms with Crippen LogP contribution in [0.2, 0.25) is 5.15 Å². The number of phenolic OH excluding ortho intramolecular Hbond substituents is 1. The molecule has 9 N–H and O–H groups in total. The first-order valence-corrected chi connectivity index (χ1v) is 15.9. The van der Waals surface area contributed by atoms with Crippen molar-refractivity contribution in [2.75, 3.05) is 25.1 Å². The highest BCUT2D eigenvalue weighted by Crippen LogP contribution is 2.22. The van der Waals surface area contributed by atoms with E-state index < -0.39 is 17.9 Å². The highest BCUT2D eigenvalue weighted by atomic mass is 35.5. The molecule has 256 valence electrons. The van der Waals surface area contributed by atoms with Gasteiger partial charge in [-0.15, -0.1) is 0 Å². The lowest BCUT2D eigenvalue weighted by Gasteiger charge is -2.17. The normalized spacial score (nSPS) is 11.8. The SMILES string of the molecule is COC(=O)[C@H](Cc1ccc(O)cc1)NC(=O)CCc1ccc(-c2ccc(CCCCN=C(N)NC(=O)c3nc(Cl)c(N)nc3N)cc2)cc1. The number of hydrogen-bond acceptors (Lipinski definition) is 10. The number of phenols is 1. The number of aromatic nitrogens is 2. The lowest BCUT2D eigenvalue weighted by Crippen LogP contribution is -2.43. The number of anilines is 2. The summed E-state index contributed by atoms with van der Waals surface area (Å²) in [5, 5.41) is 14.5. The van der Waals surface area contributed by atoms with Gasteiger partial charge in [0.25, 0.3) is 5.91 Å². The number of rotatable bonds is 14. The van der Waals surface area contributed by atoms with Gasteiger partial charge in [-0.1, -0.05) is 72.3 Å². The van der Waals surface area contributed by atoms with E-state index in [1.807, 2.05) is 24.3 Å². The summed E-state index contributed by atoms with van der Waals surface area (Å²) in [7, 11) is 1.28. The summed E-state index contributed by atoms with van der Waals surface area (Å²) in [5.41, 5.74) is 22.0. The van der Waals surface area contributed by atoms with Crippen molar-refractivity contribution in [3.63, 3.8) is 0 Å². The average Bonchev–Trinajstić information content (AvgIpc) is 3.09. The summed E-state index contributed by atoms with van der Waals surface area (Å²) in [4.78, 5) is 49.1. The number of benzene rings is 3. The van der Waals surface area contributed by atoms with Crippen molar-refractivity contribution in [3.8, 4) is 16.9 Å². The molecule has 0 saturated heterocycles. The second-order valence-electron chi connectivity index (χ2n) is 11.2. The largest absolute Gasteiger partial charge is 0.508 e. The van der Waals surface area contributed by atoms with E-state index in [9.17, 15) is 19.5 Å². The first kappa shape index (κ1) is 36.2. The van der Waals surface area contributed by atoms with E-state index in [4.69, 9.17) is 33.5 Å². The average molecular weight is 687 g/mol. The molecule has 0 spiro atoms. The minimum Gasteiger partial charge on any atom is -0.508 e. The summed E-state index contributed by atoms with van der Waals surface area (Å²) in [6, 6.07) is 22.0. The number of nitrogens with zero attached hydrogens (tertiary/aromatic N) is 3. The Kier molecular flexibility index (Phi) is 12.9. The number of ether oxygens (including phenoxy) is 1. The third-order valence-electron chi connectivity index (χ3n) is 7.60. The van der Waals surface area contributed by atoms with Crippen LogP contribution in [0, 0.1) is 0 Å². The molecule has 0 radical (unpaired) electrons. The van der Waals surface area contributed by atoms with Crippen LogP contribution >= 0.6 is 11.6 Å². The fraction of sp³-hybridized carbons (Fsp3) is 0.257. The van der Waals surface area contributed by atoms with Crippen LogP contribution < -0.4 is 27.8 Å². The van der Waals surface area contributed by atoms with Gasteiger partial charge >= 0.3 is 5.97 Å². The van der Waals surface area contributed by atoms with Crippen molar-refractivity contribution in [2.24, 2.45) is 10.7 Å². The molecule has 2 amide bonds. The number of carbonyl (C=O) groups is 3. The predicted octanol–water partition coefficient (Wildman–Crippen LogP) is 3.57. The number of halogens is 1. The van der Waals surface area contributed by atoms with Gasteiger partial charge < -0.3 is 32.4 Å². The topological polar surface area (TPSA) is 221 Å². The Bertz CT molecular complexity index is 1780. The van der Waals surface area contributed by atoms with E-state index in [1.54, 1.807) is 12.1 Å². The fourth-order valence-corrected chi connectivity index (χ4v) is 5.05. The van der Waals surface area contributed by atoms with Crippen molar-refractivity contribution in [1.29, 1.82) is 0 Å². The number of nitrogens with two attached hydrogens (primary N) is 3. The third-order valence-corrected chi connectivity index (χ3v) is 7.87. The first-order chi connectivity index (χ1) is 23.5. The lowest BCUT2D eigenvalue weighted by molar-refractivity contribution is -0.145. The van der Waals surface area contributed by atoms with Crippen LogP contribution in [0.3, 0.4) is 0 Å². The fourth-order valence-electron chi connectivity index (χ4n) is 4.92. The molecule has 1 atom stereocenters. The first-order valence-electron chi connectivity index (χ1n) is 15.6. The number of hydrogen-bond donors (Lipinski definition) is 6. The molecule has 14 heteroatoms.